The summed E-state index contributed by atoms with van der Waals surface area (Å²) < 4.78 is 14.7. The second-order valence-electron chi connectivity index (χ2n) is 6.89. The molecule has 0 spiro atoms. The lowest BCUT2D eigenvalue weighted by Gasteiger charge is -2.09. The van der Waals surface area contributed by atoms with Crippen LogP contribution in [0.25, 0.3) is 28.4 Å². The van der Waals surface area contributed by atoms with Crippen LogP contribution in [-0.4, -0.2) is 30.8 Å². The lowest BCUT2D eigenvalue weighted by atomic mass is 10.1. The van der Waals surface area contributed by atoms with E-state index in [1.807, 2.05) is 48.5 Å². The highest BCUT2D eigenvalue weighted by molar-refractivity contribution is 6.00. The second-order valence-corrected chi connectivity index (χ2v) is 6.89. The molecule has 32 heavy (non-hydrogen) atoms. The van der Waals surface area contributed by atoms with Crippen LogP contribution in [0.2, 0.25) is 0 Å². The SMILES string of the molecule is O=C(Nc1ccc(F)cc1)Nc1cccc(-c2ccc3nnc(-c4ccccn4)n3n2)c1. The maximum atomic E-state index is 13.0. The minimum Gasteiger partial charge on any atom is -0.308 e. The molecule has 2 N–H and O–H groups in total. The first-order valence-corrected chi connectivity index (χ1v) is 9.74. The van der Waals surface area contributed by atoms with E-state index < -0.39 is 6.03 Å². The van der Waals surface area contributed by atoms with Crippen molar-refractivity contribution in [2.24, 2.45) is 0 Å². The number of halogens is 1. The average Bonchev–Trinajstić information content (AvgIpc) is 3.25. The van der Waals surface area contributed by atoms with Crippen LogP contribution in [0.3, 0.4) is 0 Å². The Morgan fingerprint density at radius 3 is 2.47 bits per heavy atom. The number of urea groups is 1. The summed E-state index contributed by atoms with van der Waals surface area (Å²) in [6.45, 7) is 0. The van der Waals surface area contributed by atoms with Crippen LogP contribution in [0.5, 0.6) is 0 Å². The molecule has 2 aromatic carbocycles. The molecule has 0 aliphatic rings. The smallest absolute Gasteiger partial charge is 0.308 e. The molecule has 0 radical (unpaired) electrons. The highest BCUT2D eigenvalue weighted by Gasteiger charge is 2.12. The summed E-state index contributed by atoms with van der Waals surface area (Å²) in [5, 5.41) is 18.5. The Labute approximate surface area is 181 Å². The standard InChI is InChI=1S/C23H16FN7O/c24-16-7-9-17(10-8-16)26-23(32)27-18-5-3-4-15(14-18)19-11-12-21-28-29-22(31(21)30-19)20-6-1-2-13-25-20/h1-14H,(H2,26,27,32). The number of nitrogens with one attached hydrogen (secondary N) is 2. The number of amides is 2. The molecule has 2 amide bonds. The van der Waals surface area contributed by atoms with Gasteiger partial charge in [-0.05, 0) is 60.7 Å². The van der Waals surface area contributed by atoms with Crippen molar-refractivity contribution in [3.8, 4) is 22.8 Å². The van der Waals surface area contributed by atoms with Gasteiger partial charge in [0.1, 0.15) is 11.5 Å². The Kier molecular flexibility index (Phi) is 4.97. The zero-order valence-corrected chi connectivity index (χ0v) is 16.6. The third kappa shape index (κ3) is 3.99. The van der Waals surface area contributed by atoms with Gasteiger partial charge >= 0.3 is 6.03 Å². The lowest BCUT2D eigenvalue weighted by molar-refractivity contribution is 0.262. The van der Waals surface area contributed by atoms with Crippen LogP contribution in [0.1, 0.15) is 0 Å². The number of aromatic nitrogens is 5. The van der Waals surface area contributed by atoms with Gasteiger partial charge in [-0.25, -0.2) is 9.18 Å². The summed E-state index contributed by atoms with van der Waals surface area (Å²) in [6, 6.07) is 21.6. The number of benzene rings is 2. The van der Waals surface area contributed by atoms with Gasteiger partial charge in [-0.1, -0.05) is 18.2 Å². The van der Waals surface area contributed by atoms with E-state index in [4.69, 9.17) is 0 Å². The molecular weight excluding hydrogens is 409 g/mol. The lowest BCUT2D eigenvalue weighted by Crippen LogP contribution is -2.19. The molecule has 0 unspecified atom stereocenters. The number of carbonyl (C=O) groups is 1. The van der Waals surface area contributed by atoms with Crippen LogP contribution in [0.4, 0.5) is 20.6 Å². The number of pyridine rings is 1. The predicted molar refractivity (Wildman–Crippen MR) is 118 cm³/mol. The molecule has 5 rings (SSSR count). The normalized spacial score (nSPS) is 10.8. The molecule has 3 aromatic heterocycles. The van der Waals surface area contributed by atoms with Crippen LogP contribution >= 0.6 is 0 Å². The number of anilines is 2. The second kappa shape index (κ2) is 8.23. The van der Waals surface area contributed by atoms with Crippen molar-refractivity contribution in [1.82, 2.24) is 24.8 Å². The Balaban J connectivity index is 1.40. The number of fused-ring (bicyclic) bond motifs is 1. The fourth-order valence-electron chi connectivity index (χ4n) is 3.18. The number of nitrogens with zero attached hydrogens (tertiary/aromatic N) is 5. The molecule has 0 saturated carbocycles. The van der Waals surface area contributed by atoms with Gasteiger partial charge in [0.25, 0.3) is 0 Å². The maximum Gasteiger partial charge on any atom is 0.323 e. The molecule has 3 heterocycles. The van der Waals surface area contributed by atoms with Gasteiger partial charge in [0.05, 0.1) is 5.69 Å². The van der Waals surface area contributed by atoms with Crippen LogP contribution < -0.4 is 10.6 Å². The topological polar surface area (TPSA) is 97.1 Å². The van der Waals surface area contributed by atoms with E-state index >= 15 is 0 Å². The van der Waals surface area contributed by atoms with Crippen molar-refractivity contribution in [2.75, 3.05) is 10.6 Å². The van der Waals surface area contributed by atoms with Crippen LogP contribution in [-0.2, 0) is 0 Å². The molecule has 0 aliphatic carbocycles. The van der Waals surface area contributed by atoms with Gasteiger partial charge < -0.3 is 10.6 Å². The van der Waals surface area contributed by atoms with E-state index in [0.29, 0.717) is 34.2 Å². The van der Waals surface area contributed by atoms with Gasteiger partial charge in [0, 0.05) is 23.1 Å². The molecule has 156 valence electrons. The van der Waals surface area contributed by atoms with Gasteiger partial charge in [0.2, 0.25) is 5.82 Å². The Morgan fingerprint density at radius 1 is 0.812 bits per heavy atom. The molecule has 9 heteroatoms. The third-order valence-electron chi connectivity index (χ3n) is 4.68. The van der Waals surface area contributed by atoms with Crippen molar-refractivity contribution in [1.29, 1.82) is 0 Å². The quantitative estimate of drug-likeness (QED) is 0.437. The predicted octanol–water partition coefficient (Wildman–Crippen LogP) is 4.64. The Hall–Kier alpha value is -4.66. The summed E-state index contributed by atoms with van der Waals surface area (Å²) in [7, 11) is 0. The Bertz CT molecular complexity index is 1400. The molecule has 0 atom stereocenters. The molecule has 0 saturated heterocycles. The molecule has 8 nitrogen and oxygen atoms in total. The van der Waals surface area contributed by atoms with Crippen LogP contribution in [0, 0.1) is 5.82 Å². The van der Waals surface area contributed by atoms with Crippen LogP contribution in [0.15, 0.2) is 85.1 Å². The summed E-state index contributed by atoms with van der Waals surface area (Å²) in [5.41, 5.74) is 3.81. The molecule has 0 bridgehead atoms. The summed E-state index contributed by atoms with van der Waals surface area (Å²) in [4.78, 5) is 16.6. The zero-order chi connectivity index (χ0) is 21.9. The van der Waals surface area contributed by atoms with Crippen molar-refractivity contribution in [3.63, 3.8) is 0 Å². The first-order valence-electron chi connectivity index (χ1n) is 9.74. The van der Waals surface area contributed by atoms with Gasteiger partial charge in [0.15, 0.2) is 5.65 Å². The fourth-order valence-corrected chi connectivity index (χ4v) is 3.18. The summed E-state index contributed by atoms with van der Waals surface area (Å²) >= 11 is 0. The van der Waals surface area contributed by atoms with Gasteiger partial charge in [-0.2, -0.15) is 9.61 Å². The van der Waals surface area contributed by atoms with Crippen molar-refractivity contribution in [3.05, 3.63) is 90.9 Å². The highest BCUT2D eigenvalue weighted by atomic mass is 19.1. The average molecular weight is 425 g/mol. The number of rotatable bonds is 4. The zero-order valence-electron chi connectivity index (χ0n) is 16.6. The minimum atomic E-state index is -0.437. The van der Waals surface area contributed by atoms with E-state index in [-0.39, 0.29) is 5.82 Å². The maximum absolute atomic E-state index is 13.0. The monoisotopic (exact) mass is 425 g/mol. The highest BCUT2D eigenvalue weighted by Crippen LogP contribution is 2.23. The van der Waals surface area contributed by atoms with Crippen molar-refractivity contribution < 1.29 is 9.18 Å². The minimum absolute atomic E-state index is 0.368. The first kappa shape index (κ1) is 19.3. The van der Waals surface area contributed by atoms with Gasteiger partial charge in [-0.15, -0.1) is 10.2 Å². The molecule has 5 aromatic rings. The number of hydrogen-bond donors (Lipinski definition) is 2. The van der Waals surface area contributed by atoms with E-state index in [0.717, 1.165) is 5.56 Å². The first-order chi connectivity index (χ1) is 15.7. The van der Waals surface area contributed by atoms with E-state index in [2.05, 4.69) is 30.9 Å². The third-order valence-corrected chi connectivity index (χ3v) is 4.68. The van der Waals surface area contributed by atoms with Crippen molar-refractivity contribution in [2.45, 2.75) is 0 Å². The number of hydrogen-bond acceptors (Lipinski definition) is 5. The number of carbonyl (C=O) groups excluding carboxylic acids is 1. The molecule has 0 aliphatic heterocycles. The molecule has 0 fully saturated rings. The van der Waals surface area contributed by atoms with E-state index in [9.17, 15) is 9.18 Å². The van der Waals surface area contributed by atoms with Crippen molar-refractivity contribution >= 4 is 23.1 Å². The Morgan fingerprint density at radius 2 is 1.66 bits per heavy atom. The van der Waals surface area contributed by atoms with E-state index in [1.165, 1.54) is 24.3 Å². The summed E-state index contributed by atoms with van der Waals surface area (Å²) in [5.74, 6) is 0.169. The largest absolute Gasteiger partial charge is 0.323 e. The van der Waals surface area contributed by atoms with Gasteiger partial charge in [-0.3, -0.25) is 4.98 Å². The van der Waals surface area contributed by atoms with E-state index in [1.54, 1.807) is 16.8 Å². The fraction of sp³-hybridized carbons (Fsp3) is 0. The summed E-state index contributed by atoms with van der Waals surface area (Å²) in [6.07, 6.45) is 1.69. The molecular formula is C23H16FN7O.